The van der Waals surface area contributed by atoms with E-state index in [0.29, 0.717) is 0 Å². The van der Waals surface area contributed by atoms with E-state index in [-0.39, 0.29) is 0 Å². The van der Waals surface area contributed by atoms with E-state index < -0.39 is 0 Å². The van der Waals surface area contributed by atoms with Crippen molar-refractivity contribution in [3.05, 3.63) is 0 Å². The summed E-state index contributed by atoms with van der Waals surface area (Å²) >= 11 is 0. The van der Waals surface area contributed by atoms with Crippen LogP contribution in [0.25, 0.3) is 0 Å². The zero-order valence-corrected chi connectivity index (χ0v) is 10.1. The molecule has 0 aliphatic heterocycles. The molecule has 0 saturated heterocycles. The van der Waals surface area contributed by atoms with Crippen molar-refractivity contribution in [3.8, 4) is 12.3 Å². The summed E-state index contributed by atoms with van der Waals surface area (Å²) in [7, 11) is 0. The second-order valence-electron chi connectivity index (χ2n) is 4.75. The van der Waals surface area contributed by atoms with Crippen molar-refractivity contribution in [3.63, 3.8) is 0 Å². The number of nitrogens with one attached hydrogen (secondary N) is 1. The Balaban J connectivity index is 2.26. The SMILES string of the molecule is C#CCCC1CCCCC1CNCCC. The summed E-state index contributed by atoms with van der Waals surface area (Å²) in [5.74, 6) is 4.56. The van der Waals surface area contributed by atoms with Crippen molar-refractivity contribution < 1.29 is 0 Å². The molecule has 2 atom stereocenters. The smallest absolute Gasteiger partial charge is 0.00888 e. The molecule has 1 nitrogen and oxygen atoms in total. The minimum Gasteiger partial charge on any atom is -0.316 e. The third kappa shape index (κ3) is 4.71. The fourth-order valence-electron chi connectivity index (χ4n) is 2.67. The van der Waals surface area contributed by atoms with E-state index in [1.165, 1.54) is 51.6 Å². The molecule has 2 unspecified atom stereocenters. The standard InChI is InChI=1S/C14H25N/c1-3-5-8-13-9-6-7-10-14(13)12-15-11-4-2/h1,13-15H,4-12H2,2H3. The van der Waals surface area contributed by atoms with Crippen LogP contribution in [0, 0.1) is 24.2 Å². The lowest BCUT2D eigenvalue weighted by Gasteiger charge is -2.31. The fourth-order valence-corrected chi connectivity index (χ4v) is 2.67. The maximum atomic E-state index is 5.35. The quantitative estimate of drug-likeness (QED) is 0.521. The molecule has 1 rings (SSSR count). The van der Waals surface area contributed by atoms with Gasteiger partial charge in [0.05, 0.1) is 0 Å². The first-order valence-corrected chi connectivity index (χ1v) is 6.52. The topological polar surface area (TPSA) is 12.0 Å². The molecule has 1 fully saturated rings. The lowest BCUT2D eigenvalue weighted by Crippen LogP contribution is -2.31. The number of terminal acetylenes is 1. The van der Waals surface area contributed by atoms with E-state index in [4.69, 9.17) is 6.42 Å². The van der Waals surface area contributed by atoms with Crippen LogP contribution in [0.15, 0.2) is 0 Å². The average molecular weight is 207 g/mol. The van der Waals surface area contributed by atoms with Crippen molar-refractivity contribution in [2.75, 3.05) is 13.1 Å². The Bertz CT molecular complexity index is 192. The van der Waals surface area contributed by atoms with E-state index in [1.807, 2.05) is 0 Å². The van der Waals surface area contributed by atoms with Gasteiger partial charge >= 0.3 is 0 Å². The van der Waals surface area contributed by atoms with Gasteiger partial charge in [0.15, 0.2) is 0 Å². The Morgan fingerprint density at radius 1 is 1.27 bits per heavy atom. The zero-order valence-electron chi connectivity index (χ0n) is 10.1. The summed E-state index contributed by atoms with van der Waals surface area (Å²) in [6.07, 6.45) is 14.4. The molecule has 0 spiro atoms. The lowest BCUT2D eigenvalue weighted by atomic mass is 9.77. The predicted molar refractivity (Wildman–Crippen MR) is 66.7 cm³/mol. The molecule has 1 aliphatic rings. The molecule has 1 N–H and O–H groups in total. The van der Waals surface area contributed by atoms with Crippen LogP contribution in [0.5, 0.6) is 0 Å². The fraction of sp³-hybridized carbons (Fsp3) is 0.857. The van der Waals surface area contributed by atoms with Crippen LogP contribution in [0.1, 0.15) is 51.9 Å². The monoisotopic (exact) mass is 207 g/mol. The van der Waals surface area contributed by atoms with Gasteiger partial charge in [-0.2, -0.15) is 0 Å². The molecule has 1 saturated carbocycles. The minimum absolute atomic E-state index is 0.888. The highest BCUT2D eigenvalue weighted by atomic mass is 14.9. The predicted octanol–water partition coefficient (Wildman–Crippen LogP) is 3.21. The van der Waals surface area contributed by atoms with Crippen LogP contribution in [-0.4, -0.2) is 13.1 Å². The van der Waals surface area contributed by atoms with E-state index in [9.17, 15) is 0 Å². The molecule has 0 radical (unpaired) electrons. The van der Waals surface area contributed by atoms with Gasteiger partial charge in [0, 0.05) is 6.42 Å². The van der Waals surface area contributed by atoms with E-state index in [2.05, 4.69) is 18.2 Å². The van der Waals surface area contributed by atoms with Gasteiger partial charge in [-0.1, -0.05) is 26.2 Å². The third-order valence-corrected chi connectivity index (χ3v) is 3.56. The largest absolute Gasteiger partial charge is 0.316 e. The van der Waals surface area contributed by atoms with Crippen LogP contribution in [-0.2, 0) is 0 Å². The van der Waals surface area contributed by atoms with Crippen LogP contribution < -0.4 is 5.32 Å². The first-order valence-electron chi connectivity index (χ1n) is 6.52. The van der Waals surface area contributed by atoms with Gasteiger partial charge in [0.2, 0.25) is 0 Å². The van der Waals surface area contributed by atoms with Gasteiger partial charge in [-0.25, -0.2) is 0 Å². The van der Waals surface area contributed by atoms with Crippen LogP contribution >= 0.6 is 0 Å². The number of rotatable bonds is 6. The molecular formula is C14H25N. The highest BCUT2D eigenvalue weighted by molar-refractivity contribution is 4.86. The molecule has 86 valence electrons. The van der Waals surface area contributed by atoms with Crippen molar-refractivity contribution in [2.24, 2.45) is 11.8 Å². The molecule has 0 amide bonds. The molecule has 0 aromatic rings. The van der Waals surface area contributed by atoms with Gasteiger partial charge in [-0.15, -0.1) is 12.3 Å². The highest BCUT2D eigenvalue weighted by Crippen LogP contribution is 2.32. The molecule has 1 heteroatoms. The molecule has 0 heterocycles. The van der Waals surface area contributed by atoms with Crippen LogP contribution in [0.4, 0.5) is 0 Å². The van der Waals surface area contributed by atoms with Gasteiger partial charge in [-0.3, -0.25) is 0 Å². The number of hydrogen-bond acceptors (Lipinski definition) is 1. The highest BCUT2D eigenvalue weighted by Gasteiger charge is 2.23. The normalized spacial score (nSPS) is 26.1. The Hall–Kier alpha value is -0.480. The van der Waals surface area contributed by atoms with Gasteiger partial charge < -0.3 is 5.32 Å². The minimum atomic E-state index is 0.888. The van der Waals surface area contributed by atoms with E-state index in [1.54, 1.807) is 0 Å². The van der Waals surface area contributed by atoms with Gasteiger partial charge in [-0.05, 0) is 44.2 Å². The van der Waals surface area contributed by atoms with Crippen molar-refractivity contribution in [1.29, 1.82) is 0 Å². The molecule has 0 bridgehead atoms. The second kappa shape index (κ2) is 7.77. The summed E-state index contributed by atoms with van der Waals surface area (Å²) in [5, 5.41) is 3.56. The Morgan fingerprint density at radius 2 is 2.00 bits per heavy atom. The average Bonchev–Trinajstić information content (AvgIpc) is 2.28. The Labute approximate surface area is 95.0 Å². The first-order chi connectivity index (χ1) is 7.38. The molecule has 0 aromatic heterocycles. The maximum Gasteiger partial charge on any atom is 0.00888 e. The van der Waals surface area contributed by atoms with Crippen molar-refractivity contribution in [2.45, 2.75) is 51.9 Å². The molecule has 1 aliphatic carbocycles. The van der Waals surface area contributed by atoms with Gasteiger partial charge in [0.25, 0.3) is 0 Å². The van der Waals surface area contributed by atoms with Crippen LogP contribution in [0.3, 0.4) is 0 Å². The van der Waals surface area contributed by atoms with E-state index in [0.717, 1.165) is 18.3 Å². The zero-order chi connectivity index (χ0) is 10.9. The second-order valence-corrected chi connectivity index (χ2v) is 4.75. The van der Waals surface area contributed by atoms with Crippen molar-refractivity contribution >= 4 is 0 Å². The molecular weight excluding hydrogens is 182 g/mol. The lowest BCUT2D eigenvalue weighted by molar-refractivity contribution is 0.220. The van der Waals surface area contributed by atoms with E-state index >= 15 is 0 Å². The Morgan fingerprint density at radius 3 is 2.67 bits per heavy atom. The van der Waals surface area contributed by atoms with Crippen LogP contribution in [0.2, 0.25) is 0 Å². The maximum absolute atomic E-state index is 5.35. The first kappa shape index (κ1) is 12.6. The summed E-state index contributed by atoms with van der Waals surface area (Å²) in [4.78, 5) is 0. The molecule has 15 heavy (non-hydrogen) atoms. The summed E-state index contributed by atoms with van der Waals surface area (Å²) in [6, 6.07) is 0. The summed E-state index contributed by atoms with van der Waals surface area (Å²) in [6.45, 7) is 4.60. The summed E-state index contributed by atoms with van der Waals surface area (Å²) < 4.78 is 0. The number of hydrogen-bond donors (Lipinski definition) is 1. The van der Waals surface area contributed by atoms with Crippen molar-refractivity contribution in [1.82, 2.24) is 5.32 Å². The molecule has 0 aromatic carbocycles. The third-order valence-electron chi connectivity index (χ3n) is 3.56. The Kier molecular flexibility index (Phi) is 6.52. The summed E-state index contributed by atoms with van der Waals surface area (Å²) in [5.41, 5.74) is 0. The van der Waals surface area contributed by atoms with Gasteiger partial charge in [0.1, 0.15) is 0 Å².